The quantitative estimate of drug-likeness (QED) is 0.556. The molecule has 0 aliphatic carbocycles. The lowest BCUT2D eigenvalue weighted by atomic mass is 10.1. The summed E-state index contributed by atoms with van der Waals surface area (Å²) in [6, 6.07) is 9.74. The van der Waals surface area contributed by atoms with Crippen LogP contribution in [-0.2, 0) is 32.2 Å². The number of carbonyl (C=O) groups excluding carboxylic acids is 2. The Bertz CT molecular complexity index is 1040. The Morgan fingerprint density at radius 2 is 1.65 bits per heavy atom. The van der Waals surface area contributed by atoms with E-state index in [2.05, 4.69) is 15.4 Å². The van der Waals surface area contributed by atoms with Gasteiger partial charge < -0.3 is 10.6 Å². The normalized spacial score (nSPS) is 11.9. The highest BCUT2D eigenvalue weighted by atomic mass is 32.2. The molecule has 2 aromatic carbocycles. The molecule has 0 aliphatic heterocycles. The van der Waals surface area contributed by atoms with Gasteiger partial charge in [0.05, 0.1) is 10.5 Å². The van der Waals surface area contributed by atoms with Crippen LogP contribution in [0.1, 0.15) is 25.0 Å². The van der Waals surface area contributed by atoms with Crippen LogP contribution in [0.15, 0.2) is 53.4 Å². The summed E-state index contributed by atoms with van der Waals surface area (Å²) in [7, 11) is -3.61. The molecule has 0 fully saturated rings. The number of rotatable bonds is 7. The minimum Gasteiger partial charge on any atom is -0.347 e. The molecule has 168 valence electrons. The molecule has 3 N–H and O–H groups in total. The number of anilines is 1. The van der Waals surface area contributed by atoms with Gasteiger partial charge in [0.2, 0.25) is 10.0 Å². The van der Waals surface area contributed by atoms with Gasteiger partial charge in [0.1, 0.15) is 0 Å². The molecule has 0 aliphatic rings. The van der Waals surface area contributed by atoms with Crippen LogP contribution in [0.5, 0.6) is 0 Å². The number of hydrogen-bond acceptors (Lipinski definition) is 4. The highest BCUT2D eigenvalue weighted by Gasteiger charge is 2.30. The fourth-order valence-corrected chi connectivity index (χ4v) is 3.83. The predicted molar refractivity (Wildman–Crippen MR) is 109 cm³/mol. The number of sulfonamides is 1. The van der Waals surface area contributed by atoms with Crippen molar-refractivity contribution in [1.29, 1.82) is 0 Å². The van der Waals surface area contributed by atoms with Crippen molar-refractivity contribution < 1.29 is 31.2 Å². The lowest BCUT2D eigenvalue weighted by molar-refractivity contribution is -0.137. The molecule has 0 bridgehead atoms. The standard InChI is InChI=1S/C20H22F3N3O4S/c1-13(2)26-31(29,30)17-8-6-14(7-9-17)10-11-24-18(27)19(28)25-16-5-3-4-15(12-16)20(21,22)23/h3-9,12-13,26H,10-11H2,1-2H3,(H,24,27)(H,25,28). The van der Waals surface area contributed by atoms with E-state index in [9.17, 15) is 31.2 Å². The van der Waals surface area contributed by atoms with Crippen molar-refractivity contribution in [1.82, 2.24) is 10.0 Å². The second kappa shape index (κ2) is 9.92. The third kappa shape index (κ3) is 7.37. The van der Waals surface area contributed by atoms with Gasteiger partial charge in [-0.2, -0.15) is 13.2 Å². The second-order valence-electron chi connectivity index (χ2n) is 6.96. The van der Waals surface area contributed by atoms with Crippen LogP contribution in [0.4, 0.5) is 18.9 Å². The molecule has 0 heterocycles. The molecule has 0 saturated heterocycles. The fraction of sp³-hybridized carbons (Fsp3) is 0.300. The molecule has 31 heavy (non-hydrogen) atoms. The van der Waals surface area contributed by atoms with Crippen LogP contribution in [0.2, 0.25) is 0 Å². The molecule has 2 aromatic rings. The zero-order chi connectivity index (χ0) is 23.2. The van der Waals surface area contributed by atoms with Crippen LogP contribution in [0.3, 0.4) is 0 Å². The van der Waals surface area contributed by atoms with E-state index in [1.54, 1.807) is 26.0 Å². The largest absolute Gasteiger partial charge is 0.416 e. The first-order chi connectivity index (χ1) is 14.4. The van der Waals surface area contributed by atoms with Crippen molar-refractivity contribution in [3.63, 3.8) is 0 Å². The van der Waals surface area contributed by atoms with Gasteiger partial charge in [-0.05, 0) is 56.2 Å². The first-order valence-corrected chi connectivity index (χ1v) is 10.7. The second-order valence-corrected chi connectivity index (χ2v) is 8.67. The van der Waals surface area contributed by atoms with E-state index in [-0.39, 0.29) is 23.2 Å². The Hall–Kier alpha value is -2.92. The summed E-state index contributed by atoms with van der Waals surface area (Å²) in [4.78, 5) is 23.9. The molecular formula is C20H22F3N3O4S. The Morgan fingerprint density at radius 1 is 1.00 bits per heavy atom. The van der Waals surface area contributed by atoms with Crippen LogP contribution < -0.4 is 15.4 Å². The average Bonchev–Trinajstić information content (AvgIpc) is 2.67. The lowest BCUT2D eigenvalue weighted by Gasteiger charge is -2.11. The Morgan fingerprint density at radius 3 is 2.23 bits per heavy atom. The van der Waals surface area contributed by atoms with E-state index in [0.29, 0.717) is 6.42 Å². The van der Waals surface area contributed by atoms with Crippen molar-refractivity contribution in [2.75, 3.05) is 11.9 Å². The Labute approximate surface area is 178 Å². The topological polar surface area (TPSA) is 104 Å². The minimum absolute atomic E-state index is 0.0746. The molecule has 11 heteroatoms. The molecular weight excluding hydrogens is 435 g/mol. The zero-order valence-electron chi connectivity index (χ0n) is 16.8. The molecule has 0 aromatic heterocycles. The molecule has 0 saturated carbocycles. The summed E-state index contributed by atoms with van der Waals surface area (Å²) in [6.45, 7) is 3.49. The van der Waals surface area contributed by atoms with Crippen LogP contribution >= 0.6 is 0 Å². The number of benzene rings is 2. The van der Waals surface area contributed by atoms with Gasteiger partial charge in [-0.25, -0.2) is 13.1 Å². The monoisotopic (exact) mass is 457 g/mol. The van der Waals surface area contributed by atoms with Crippen molar-refractivity contribution in [3.05, 3.63) is 59.7 Å². The van der Waals surface area contributed by atoms with Gasteiger partial charge in [0.25, 0.3) is 0 Å². The number of nitrogens with one attached hydrogen (secondary N) is 3. The van der Waals surface area contributed by atoms with Crippen LogP contribution in [-0.4, -0.2) is 32.8 Å². The fourth-order valence-electron chi connectivity index (χ4n) is 2.58. The molecule has 2 rings (SSSR count). The van der Waals surface area contributed by atoms with Gasteiger partial charge >= 0.3 is 18.0 Å². The Kier molecular flexibility index (Phi) is 7.80. The first kappa shape index (κ1) is 24.4. The van der Waals surface area contributed by atoms with E-state index < -0.39 is 33.6 Å². The van der Waals surface area contributed by atoms with Gasteiger partial charge in [-0.15, -0.1) is 0 Å². The van der Waals surface area contributed by atoms with Crippen molar-refractivity contribution in [2.24, 2.45) is 0 Å². The van der Waals surface area contributed by atoms with Crippen molar-refractivity contribution >= 4 is 27.5 Å². The Balaban J connectivity index is 1.87. The van der Waals surface area contributed by atoms with E-state index in [1.807, 2.05) is 0 Å². The molecule has 0 unspecified atom stereocenters. The first-order valence-electron chi connectivity index (χ1n) is 9.26. The van der Waals surface area contributed by atoms with E-state index in [0.717, 1.165) is 23.8 Å². The highest BCUT2D eigenvalue weighted by Crippen LogP contribution is 2.30. The maximum absolute atomic E-state index is 12.7. The molecule has 2 amide bonds. The van der Waals surface area contributed by atoms with Gasteiger partial charge in [-0.3, -0.25) is 9.59 Å². The van der Waals surface area contributed by atoms with Gasteiger partial charge in [0, 0.05) is 18.3 Å². The maximum atomic E-state index is 12.7. The lowest BCUT2D eigenvalue weighted by Crippen LogP contribution is -2.36. The van der Waals surface area contributed by atoms with Crippen molar-refractivity contribution in [3.8, 4) is 0 Å². The zero-order valence-corrected chi connectivity index (χ0v) is 17.6. The summed E-state index contributed by atoms with van der Waals surface area (Å²) in [6.07, 6.45) is -4.25. The van der Waals surface area contributed by atoms with Crippen LogP contribution in [0.25, 0.3) is 0 Å². The molecule has 0 atom stereocenters. The third-order valence-corrected chi connectivity index (χ3v) is 5.65. The molecule has 0 spiro atoms. The minimum atomic E-state index is -4.57. The number of alkyl halides is 3. The van der Waals surface area contributed by atoms with E-state index in [1.165, 1.54) is 18.2 Å². The van der Waals surface area contributed by atoms with Gasteiger partial charge in [-0.1, -0.05) is 18.2 Å². The summed E-state index contributed by atoms with van der Waals surface area (Å²) in [5, 5.41) is 4.48. The predicted octanol–water partition coefficient (Wildman–Crippen LogP) is 2.69. The van der Waals surface area contributed by atoms with Crippen LogP contribution in [0, 0.1) is 0 Å². The molecule has 7 nitrogen and oxygen atoms in total. The number of carbonyl (C=O) groups is 2. The third-order valence-electron chi connectivity index (χ3n) is 3.98. The van der Waals surface area contributed by atoms with E-state index >= 15 is 0 Å². The summed E-state index contributed by atoms with van der Waals surface area (Å²) in [5.41, 5.74) is -0.372. The highest BCUT2D eigenvalue weighted by molar-refractivity contribution is 7.89. The smallest absolute Gasteiger partial charge is 0.347 e. The number of hydrogen-bond donors (Lipinski definition) is 3. The van der Waals surface area contributed by atoms with Gasteiger partial charge in [0.15, 0.2) is 0 Å². The number of amides is 2. The summed E-state index contributed by atoms with van der Waals surface area (Å²) >= 11 is 0. The number of halogens is 3. The average molecular weight is 457 g/mol. The maximum Gasteiger partial charge on any atom is 0.416 e. The molecule has 0 radical (unpaired) electrons. The van der Waals surface area contributed by atoms with E-state index in [4.69, 9.17) is 0 Å². The summed E-state index contributed by atoms with van der Waals surface area (Å²) in [5.74, 6) is -2.10. The SMILES string of the molecule is CC(C)NS(=O)(=O)c1ccc(CCNC(=O)C(=O)Nc2cccc(C(F)(F)F)c2)cc1. The summed E-state index contributed by atoms with van der Waals surface area (Å²) < 4.78 is 64.8. The van der Waals surface area contributed by atoms with Crippen molar-refractivity contribution in [2.45, 2.75) is 37.4 Å².